The summed E-state index contributed by atoms with van der Waals surface area (Å²) in [6, 6.07) is 0. The molecule has 0 aromatic heterocycles. The van der Waals surface area contributed by atoms with Crippen LogP contribution in [0.15, 0.2) is 0 Å². The molecule has 2 N–H and O–H groups in total. The average Bonchev–Trinajstić information content (AvgIpc) is 1.87. The van der Waals surface area contributed by atoms with Gasteiger partial charge in [0.15, 0.2) is 0 Å². The monoisotopic (exact) mass is 175 g/mol. The fraction of sp³-hybridized carbons (Fsp3) is 0.875. The summed E-state index contributed by atoms with van der Waals surface area (Å²) in [7, 11) is 0. The SMILES string of the molecule is CCCC(C)COCC(N)=S. The normalized spacial score (nSPS) is 12.9. The molecule has 0 aromatic rings. The molecule has 2 nitrogen and oxygen atoms in total. The summed E-state index contributed by atoms with van der Waals surface area (Å²) in [4.78, 5) is 0.439. The molecule has 0 heterocycles. The molecule has 66 valence electrons. The van der Waals surface area contributed by atoms with E-state index in [0.717, 1.165) is 6.61 Å². The molecule has 0 aliphatic rings. The van der Waals surface area contributed by atoms with Gasteiger partial charge in [0, 0.05) is 6.61 Å². The Labute approximate surface area is 74.1 Å². The Morgan fingerprint density at radius 1 is 1.64 bits per heavy atom. The highest BCUT2D eigenvalue weighted by molar-refractivity contribution is 7.80. The van der Waals surface area contributed by atoms with Gasteiger partial charge < -0.3 is 10.5 Å². The second-order valence-corrected chi connectivity index (χ2v) is 3.40. The zero-order valence-corrected chi connectivity index (χ0v) is 8.12. The first-order valence-electron chi connectivity index (χ1n) is 4.02. The Hall–Kier alpha value is -0.150. The van der Waals surface area contributed by atoms with Crippen molar-refractivity contribution in [1.29, 1.82) is 0 Å². The maximum Gasteiger partial charge on any atom is 0.0989 e. The van der Waals surface area contributed by atoms with E-state index in [-0.39, 0.29) is 0 Å². The van der Waals surface area contributed by atoms with Crippen LogP contribution >= 0.6 is 12.2 Å². The van der Waals surface area contributed by atoms with Crippen LogP contribution in [0, 0.1) is 5.92 Å². The van der Waals surface area contributed by atoms with Crippen LogP contribution in [0.1, 0.15) is 26.7 Å². The molecule has 0 radical (unpaired) electrons. The first-order valence-corrected chi connectivity index (χ1v) is 4.43. The smallest absolute Gasteiger partial charge is 0.0989 e. The van der Waals surface area contributed by atoms with Crippen LogP contribution in [-0.4, -0.2) is 18.2 Å². The van der Waals surface area contributed by atoms with Gasteiger partial charge in [-0.3, -0.25) is 0 Å². The van der Waals surface area contributed by atoms with Gasteiger partial charge >= 0.3 is 0 Å². The van der Waals surface area contributed by atoms with E-state index in [1.54, 1.807) is 0 Å². The topological polar surface area (TPSA) is 35.2 Å². The van der Waals surface area contributed by atoms with E-state index in [2.05, 4.69) is 26.1 Å². The maximum atomic E-state index is 5.26. The van der Waals surface area contributed by atoms with Crippen LogP contribution in [0.2, 0.25) is 0 Å². The van der Waals surface area contributed by atoms with E-state index in [4.69, 9.17) is 10.5 Å². The van der Waals surface area contributed by atoms with Crippen LogP contribution in [0.5, 0.6) is 0 Å². The molecule has 1 atom stereocenters. The summed E-state index contributed by atoms with van der Waals surface area (Å²) < 4.78 is 5.24. The van der Waals surface area contributed by atoms with Gasteiger partial charge in [-0.2, -0.15) is 0 Å². The quantitative estimate of drug-likeness (QED) is 0.624. The lowest BCUT2D eigenvalue weighted by molar-refractivity contribution is 0.133. The summed E-state index contributed by atoms with van der Waals surface area (Å²) in [6.45, 7) is 5.53. The molecule has 0 fully saturated rings. The van der Waals surface area contributed by atoms with Gasteiger partial charge in [-0.05, 0) is 12.3 Å². The number of ether oxygens (including phenoxy) is 1. The van der Waals surface area contributed by atoms with E-state index in [1.165, 1.54) is 12.8 Å². The first-order chi connectivity index (χ1) is 5.16. The van der Waals surface area contributed by atoms with E-state index in [9.17, 15) is 0 Å². The average molecular weight is 175 g/mol. The van der Waals surface area contributed by atoms with Crippen LogP contribution in [0.4, 0.5) is 0 Å². The van der Waals surface area contributed by atoms with Crippen LogP contribution < -0.4 is 5.73 Å². The predicted molar refractivity (Wildman–Crippen MR) is 51.7 cm³/mol. The zero-order valence-electron chi connectivity index (χ0n) is 7.30. The fourth-order valence-electron chi connectivity index (χ4n) is 0.937. The van der Waals surface area contributed by atoms with Crippen LogP contribution in [0.3, 0.4) is 0 Å². The molecule has 0 aliphatic heterocycles. The van der Waals surface area contributed by atoms with Crippen molar-refractivity contribution in [2.45, 2.75) is 26.7 Å². The number of thiocarbonyl (C=S) groups is 1. The van der Waals surface area contributed by atoms with Gasteiger partial charge in [-0.1, -0.05) is 32.5 Å². The summed E-state index contributed by atoms with van der Waals surface area (Å²) in [5, 5.41) is 0. The zero-order chi connectivity index (χ0) is 8.69. The molecule has 3 heteroatoms. The van der Waals surface area contributed by atoms with E-state index in [1.807, 2.05) is 0 Å². The van der Waals surface area contributed by atoms with Gasteiger partial charge in [0.25, 0.3) is 0 Å². The highest BCUT2D eigenvalue weighted by Gasteiger charge is 1.99. The molecule has 0 amide bonds. The van der Waals surface area contributed by atoms with E-state index >= 15 is 0 Å². The molecule has 11 heavy (non-hydrogen) atoms. The number of rotatable bonds is 6. The Morgan fingerprint density at radius 2 is 2.27 bits per heavy atom. The fourth-order valence-corrected chi connectivity index (χ4v) is 1.02. The lowest BCUT2D eigenvalue weighted by Crippen LogP contribution is -2.18. The van der Waals surface area contributed by atoms with Crippen LogP contribution in [0.25, 0.3) is 0 Å². The van der Waals surface area contributed by atoms with Gasteiger partial charge in [0.05, 0.1) is 11.6 Å². The highest BCUT2D eigenvalue weighted by Crippen LogP contribution is 2.04. The number of hydrogen-bond donors (Lipinski definition) is 1. The summed E-state index contributed by atoms with van der Waals surface area (Å²) in [6.07, 6.45) is 2.41. The van der Waals surface area contributed by atoms with Crippen molar-refractivity contribution in [2.75, 3.05) is 13.2 Å². The molecule has 0 aromatic carbocycles. The summed E-state index contributed by atoms with van der Waals surface area (Å²) >= 11 is 4.66. The predicted octanol–water partition coefficient (Wildman–Crippen LogP) is 1.73. The van der Waals surface area contributed by atoms with Crippen LogP contribution in [-0.2, 0) is 4.74 Å². The minimum Gasteiger partial charge on any atom is -0.391 e. The Morgan fingerprint density at radius 3 is 2.73 bits per heavy atom. The molecular formula is C8H17NOS. The molecule has 0 saturated heterocycles. The van der Waals surface area contributed by atoms with E-state index < -0.39 is 0 Å². The largest absolute Gasteiger partial charge is 0.391 e. The van der Waals surface area contributed by atoms with Crippen molar-refractivity contribution in [1.82, 2.24) is 0 Å². The molecule has 0 bridgehead atoms. The molecular weight excluding hydrogens is 158 g/mol. The summed E-state index contributed by atoms with van der Waals surface area (Å²) in [5.74, 6) is 0.620. The second kappa shape index (κ2) is 6.55. The van der Waals surface area contributed by atoms with Crippen molar-refractivity contribution in [3.63, 3.8) is 0 Å². The third-order valence-corrected chi connectivity index (χ3v) is 1.55. The molecule has 0 saturated carbocycles. The lowest BCUT2D eigenvalue weighted by Gasteiger charge is -2.09. The second-order valence-electron chi connectivity index (χ2n) is 2.88. The minimum absolute atomic E-state index is 0.420. The summed E-state index contributed by atoms with van der Waals surface area (Å²) in [5.41, 5.74) is 5.26. The van der Waals surface area contributed by atoms with Crippen molar-refractivity contribution in [3.05, 3.63) is 0 Å². The van der Waals surface area contributed by atoms with Gasteiger partial charge in [0.1, 0.15) is 0 Å². The molecule has 0 spiro atoms. The minimum atomic E-state index is 0.420. The van der Waals surface area contributed by atoms with Crippen molar-refractivity contribution >= 4 is 17.2 Å². The Balaban J connectivity index is 3.16. The van der Waals surface area contributed by atoms with E-state index in [0.29, 0.717) is 17.5 Å². The molecule has 0 rings (SSSR count). The third-order valence-electron chi connectivity index (χ3n) is 1.43. The lowest BCUT2D eigenvalue weighted by atomic mass is 10.1. The first kappa shape index (κ1) is 10.8. The number of nitrogens with two attached hydrogens (primary N) is 1. The molecule has 1 unspecified atom stereocenters. The van der Waals surface area contributed by atoms with Gasteiger partial charge in [0.2, 0.25) is 0 Å². The standard InChI is InChI=1S/C8H17NOS/c1-3-4-7(2)5-10-6-8(9)11/h7H,3-6H2,1-2H3,(H2,9,11). The number of hydrogen-bond acceptors (Lipinski definition) is 2. The third kappa shape index (κ3) is 7.75. The van der Waals surface area contributed by atoms with Crippen molar-refractivity contribution in [2.24, 2.45) is 11.7 Å². The maximum absolute atomic E-state index is 5.26. The highest BCUT2D eigenvalue weighted by atomic mass is 32.1. The van der Waals surface area contributed by atoms with Crippen molar-refractivity contribution in [3.8, 4) is 0 Å². The Kier molecular flexibility index (Phi) is 6.46. The van der Waals surface area contributed by atoms with Gasteiger partial charge in [-0.15, -0.1) is 0 Å². The Bertz CT molecular complexity index is 117. The molecule has 0 aliphatic carbocycles. The van der Waals surface area contributed by atoms with Crippen molar-refractivity contribution < 1.29 is 4.74 Å². The van der Waals surface area contributed by atoms with Gasteiger partial charge in [-0.25, -0.2) is 0 Å².